The van der Waals surface area contributed by atoms with Gasteiger partial charge in [-0.25, -0.2) is 22.5 Å². The summed E-state index contributed by atoms with van der Waals surface area (Å²) in [7, 11) is 0. The third-order valence-electron chi connectivity index (χ3n) is 5.14. The first-order chi connectivity index (χ1) is 15.6. The zero-order valence-corrected chi connectivity index (χ0v) is 17.6. The van der Waals surface area contributed by atoms with Gasteiger partial charge in [-0.05, 0) is 44.2 Å². The molecule has 0 spiro atoms. The van der Waals surface area contributed by atoms with E-state index in [-0.39, 0.29) is 35.1 Å². The van der Waals surface area contributed by atoms with Gasteiger partial charge in [-0.1, -0.05) is 6.07 Å². The van der Waals surface area contributed by atoms with Gasteiger partial charge in [0.15, 0.2) is 5.76 Å². The first kappa shape index (κ1) is 22.5. The molecule has 2 aromatic carbocycles. The van der Waals surface area contributed by atoms with Crippen LogP contribution in [-0.2, 0) is 5.41 Å². The Labute approximate surface area is 185 Å². The van der Waals surface area contributed by atoms with Crippen LogP contribution in [0, 0.1) is 23.3 Å². The summed E-state index contributed by atoms with van der Waals surface area (Å²) in [5.74, 6) is -3.68. The van der Waals surface area contributed by atoms with E-state index in [2.05, 4.69) is 4.98 Å². The van der Waals surface area contributed by atoms with Crippen LogP contribution in [0.15, 0.2) is 63.9 Å². The van der Waals surface area contributed by atoms with E-state index in [1.54, 1.807) is 13.8 Å². The third-order valence-corrected chi connectivity index (χ3v) is 5.14. The van der Waals surface area contributed by atoms with Gasteiger partial charge in [-0.15, -0.1) is 0 Å². The molecule has 0 unspecified atom stereocenters. The SMILES string of the molecule is CC(C)(CO)c1nc(-c2ccc(=O)n(-c3c(F)cccc3F)c2)c(-c2ccc(F)cc2F)o1. The Balaban J connectivity index is 1.98. The molecule has 2 heterocycles. The molecule has 0 fully saturated rings. The number of hydrogen-bond donors (Lipinski definition) is 1. The summed E-state index contributed by atoms with van der Waals surface area (Å²) in [5, 5.41) is 9.72. The van der Waals surface area contributed by atoms with Crippen molar-refractivity contribution < 1.29 is 27.1 Å². The fourth-order valence-electron chi connectivity index (χ4n) is 3.25. The number of halogens is 4. The maximum absolute atomic E-state index is 14.6. The Morgan fingerprint density at radius 2 is 1.70 bits per heavy atom. The van der Waals surface area contributed by atoms with Crippen LogP contribution in [-0.4, -0.2) is 21.3 Å². The van der Waals surface area contributed by atoms with Crippen LogP contribution in [0.1, 0.15) is 19.7 Å². The Bertz CT molecular complexity index is 1390. The summed E-state index contributed by atoms with van der Waals surface area (Å²) in [4.78, 5) is 16.8. The highest BCUT2D eigenvalue weighted by Crippen LogP contribution is 2.37. The maximum Gasteiger partial charge on any atom is 0.255 e. The van der Waals surface area contributed by atoms with E-state index >= 15 is 0 Å². The highest BCUT2D eigenvalue weighted by molar-refractivity contribution is 5.77. The van der Waals surface area contributed by atoms with Gasteiger partial charge in [0, 0.05) is 23.9 Å². The zero-order valence-electron chi connectivity index (χ0n) is 17.6. The number of aromatic nitrogens is 2. The molecule has 0 saturated carbocycles. The zero-order chi connectivity index (χ0) is 23.9. The second-order valence-electron chi connectivity index (χ2n) is 8.06. The molecule has 4 aromatic rings. The van der Waals surface area contributed by atoms with E-state index in [0.29, 0.717) is 6.07 Å². The lowest BCUT2D eigenvalue weighted by atomic mass is 9.95. The number of oxazole rings is 1. The summed E-state index contributed by atoms with van der Waals surface area (Å²) in [5.41, 5.74) is -2.15. The molecule has 0 aliphatic carbocycles. The van der Waals surface area contributed by atoms with Crippen LogP contribution in [0.2, 0.25) is 0 Å². The van der Waals surface area contributed by atoms with Crippen molar-refractivity contribution in [1.29, 1.82) is 0 Å². The first-order valence-electron chi connectivity index (χ1n) is 9.87. The van der Waals surface area contributed by atoms with Gasteiger partial charge >= 0.3 is 0 Å². The molecule has 170 valence electrons. The fourth-order valence-corrected chi connectivity index (χ4v) is 3.25. The van der Waals surface area contributed by atoms with Gasteiger partial charge < -0.3 is 9.52 Å². The minimum Gasteiger partial charge on any atom is -0.439 e. The molecule has 4 rings (SSSR count). The molecule has 0 aliphatic rings. The van der Waals surface area contributed by atoms with Crippen molar-refractivity contribution in [3.63, 3.8) is 0 Å². The molecule has 0 aliphatic heterocycles. The van der Waals surface area contributed by atoms with E-state index in [4.69, 9.17) is 4.42 Å². The summed E-state index contributed by atoms with van der Waals surface area (Å²) in [6, 6.07) is 8.49. The minimum absolute atomic E-state index is 0.0440. The van der Waals surface area contributed by atoms with Crippen LogP contribution in [0.4, 0.5) is 17.6 Å². The van der Waals surface area contributed by atoms with E-state index in [9.17, 15) is 27.5 Å². The third kappa shape index (κ3) is 4.07. The van der Waals surface area contributed by atoms with Gasteiger partial charge in [0.1, 0.15) is 34.7 Å². The normalized spacial score (nSPS) is 11.7. The standard InChI is InChI=1S/C24H18F4N2O3/c1-24(2,12-31)23-29-20(22(33-23)15-8-7-14(25)10-18(15)28)13-6-9-19(32)30(11-13)21-16(26)4-3-5-17(21)27/h3-11,31H,12H2,1-2H3. The van der Waals surface area contributed by atoms with Gasteiger partial charge in [-0.2, -0.15) is 0 Å². The van der Waals surface area contributed by atoms with E-state index in [1.165, 1.54) is 12.1 Å². The molecule has 0 bridgehead atoms. The monoisotopic (exact) mass is 458 g/mol. The molecule has 33 heavy (non-hydrogen) atoms. The molecule has 0 radical (unpaired) electrons. The molecule has 0 saturated heterocycles. The Hall–Kier alpha value is -3.72. The fraction of sp³-hybridized carbons (Fsp3) is 0.167. The molecular formula is C24H18F4N2O3. The number of benzene rings is 2. The minimum atomic E-state index is -0.963. The smallest absolute Gasteiger partial charge is 0.255 e. The number of nitrogens with zero attached hydrogens (tertiary/aromatic N) is 2. The average molecular weight is 458 g/mol. The molecule has 0 amide bonds. The maximum atomic E-state index is 14.6. The number of para-hydroxylation sites is 1. The lowest BCUT2D eigenvalue weighted by Crippen LogP contribution is -2.22. The van der Waals surface area contributed by atoms with Crippen LogP contribution in [0.5, 0.6) is 0 Å². The first-order valence-corrected chi connectivity index (χ1v) is 9.87. The number of pyridine rings is 1. The van der Waals surface area contributed by atoms with Crippen LogP contribution >= 0.6 is 0 Å². The average Bonchev–Trinajstić information content (AvgIpc) is 3.21. The predicted molar refractivity (Wildman–Crippen MR) is 113 cm³/mol. The van der Waals surface area contributed by atoms with Crippen LogP contribution in [0.25, 0.3) is 28.3 Å². The molecule has 2 aromatic heterocycles. The van der Waals surface area contributed by atoms with Gasteiger partial charge in [0.05, 0.1) is 17.6 Å². The van der Waals surface area contributed by atoms with E-state index in [1.807, 2.05) is 0 Å². The van der Waals surface area contributed by atoms with Crippen molar-refractivity contribution in [2.75, 3.05) is 6.61 Å². The summed E-state index contributed by atoms with van der Waals surface area (Å²) >= 11 is 0. The lowest BCUT2D eigenvalue weighted by molar-refractivity contribution is 0.193. The summed E-state index contributed by atoms with van der Waals surface area (Å²) in [6.07, 6.45) is 1.16. The van der Waals surface area contributed by atoms with Crippen molar-refractivity contribution in [2.24, 2.45) is 0 Å². The van der Waals surface area contributed by atoms with Crippen LogP contribution in [0.3, 0.4) is 0 Å². The number of aliphatic hydroxyl groups excluding tert-OH is 1. The second kappa shape index (κ2) is 8.32. The highest BCUT2D eigenvalue weighted by atomic mass is 19.1. The Morgan fingerprint density at radius 3 is 2.33 bits per heavy atom. The Morgan fingerprint density at radius 1 is 1.00 bits per heavy atom. The van der Waals surface area contributed by atoms with Crippen molar-refractivity contribution in [3.8, 4) is 28.3 Å². The summed E-state index contributed by atoms with van der Waals surface area (Å²) in [6.45, 7) is 2.93. The number of aliphatic hydroxyl groups is 1. The largest absolute Gasteiger partial charge is 0.439 e. The van der Waals surface area contributed by atoms with Crippen molar-refractivity contribution >= 4 is 0 Å². The lowest BCUT2D eigenvalue weighted by Gasteiger charge is -2.16. The van der Waals surface area contributed by atoms with Crippen LogP contribution < -0.4 is 5.56 Å². The molecule has 1 N–H and O–H groups in total. The second-order valence-corrected chi connectivity index (χ2v) is 8.06. The van der Waals surface area contributed by atoms with Crippen molar-refractivity contribution in [3.05, 3.63) is 94.2 Å². The predicted octanol–water partition coefficient (Wildman–Crippen LogP) is 4.99. The number of hydrogen-bond acceptors (Lipinski definition) is 4. The quantitative estimate of drug-likeness (QED) is 0.428. The van der Waals surface area contributed by atoms with Gasteiger partial charge in [0.25, 0.3) is 5.56 Å². The Kier molecular flexibility index (Phi) is 5.67. The van der Waals surface area contributed by atoms with E-state index in [0.717, 1.165) is 41.1 Å². The van der Waals surface area contributed by atoms with Crippen molar-refractivity contribution in [1.82, 2.24) is 9.55 Å². The highest BCUT2D eigenvalue weighted by Gasteiger charge is 2.30. The molecular weight excluding hydrogens is 440 g/mol. The summed E-state index contributed by atoms with van der Waals surface area (Å²) < 4.78 is 63.3. The van der Waals surface area contributed by atoms with Gasteiger partial charge in [-0.3, -0.25) is 9.36 Å². The topological polar surface area (TPSA) is 68.3 Å². The molecule has 9 heteroatoms. The van der Waals surface area contributed by atoms with E-state index < -0.39 is 39.9 Å². The number of rotatable bonds is 5. The molecule has 0 atom stereocenters. The molecule has 5 nitrogen and oxygen atoms in total. The van der Waals surface area contributed by atoms with Gasteiger partial charge in [0.2, 0.25) is 5.89 Å². The van der Waals surface area contributed by atoms with Crippen molar-refractivity contribution in [2.45, 2.75) is 19.3 Å².